The number of aromatic amines is 1. The minimum Gasteiger partial charge on any atom is -0.345 e. The fourth-order valence-corrected chi connectivity index (χ4v) is 6.43. The van der Waals surface area contributed by atoms with Crippen LogP contribution >= 0.6 is 11.3 Å². The van der Waals surface area contributed by atoms with Crippen molar-refractivity contribution in [3.05, 3.63) is 17.3 Å². The summed E-state index contributed by atoms with van der Waals surface area (Å²) < 4.78 is 1.05. The summed E-state index contributed by atoms with van der Waals surface area (Å²) in [7, 11) is 0. The van der Waals surface area contributed by atoms with E-state index >= 15 is 0 Å². The number of aromatic nitrogens is 2. The Morgan fingerprint density at radius 2 is 2.29 bits per heavy atom. The van der Waals surface area contributed by atoms with Crippen LogP contribution in [0, 0.1) is 29.1 Å². The largest absolute Gasteiger partial charge is 0.345 e. The fourth-order valence-electron chi connectivity index (χ4n) is 5.76. The van der Waals surface area contributed by atoms with E-state index in [2.05, 4.69) is 36.1 Å². The molecule has 1 unspecified atom stereocenters. The summed E-state index contributed by atoms with van der Waals surface area (Å²) in [6.45, 7) is 7.10. The van der Waals surface area contributed by atoms with Crippen LogP contribution in [0.2, 0.25) is 0 Å². The number of hydrogen-bond acceptors (Lipinski definition) is 3. The number of nitrogens with zero attached hydrogens (tertiary/aromatic N) is 1. The predicted octanol–water partition coefficient (Wildman–Crippen LogP) is 3.03. The Hall–Kier alpha value is -1.36. The lowest BCUT2D eigenvalue weighted by molar-refractivity contribution is -0.348. The molecule has 3 fully saturated rings. The highest BCUT2D eigenvalue weighted by Gasteiger charge is 2.82. The van der Waals surface area contributed by atoms with Gasteiger partial charge in [-0.3, -0.25) is 4.79 Å². The molecule has 2 aromatic heterocycles. The normalized spacial score (nSPS) is 41.7. The highest BCUT2D eigenvalue weighted by atomic mass is 32.1. The number of rotatable bonds is 2. The van der Waals surface area contributed by atoms with Gasteiger partial charge in [-0.2, -0.15) is 0 Å². The Balaban J connectivity index is 1.40. The van der Waals surface area contributed by atoms with Crippen LogP contribution < -0.4 is 5.32 Å². The van der Waals surface area contributed by atoms with E-state index < -0.39 is 0 Å². The average Bonchev–Trinajstić information content (AvgIpc) is 2.99. The molecule has 5 heteroatoms. The van der Waals surface area contributed by atoms with Gasteiger partial charge in [0.25, 0.3) is 5.91 Å². The van der Waals surface area contributed by atoms with Gasteiger partial charge in [0.05, 0.1) is 10.2 Å². The van der Waals surface area contributed by atoms with Gasteiger partial charge in [-0.05, 0) is 41.6 Å². The molecule has 0 saturated heterocycles. The van der Waals surface area contributed by atoms with E-state index in [0.29, 0.717) is 17.0 Å². The molecular weight excluding hydrogens is 282 g/mol. The van der Waals surface area contributed by atoms with Gasteiger partial charge in [0.2, 0.25) is 0 Å². The van der Waals surface area contributed by atoms with E-state index in [1.807, 2.05) is 6.07 Å². The van der Waals surface area contributed by atoms with Crippen molar-refractivity contribution in [2.24, 2.45) is 29.1 Å². The molecule has 3 aliphatic carbocycles. The molecule has 21 heavy (non-hydrogen) atoms. The molecule has 4 nitrogen and oxygen atoms in total. The minimum atomic E-state index is 0.0358. The van der Waals surface area contributed by atoms with Crippen LogP contribution in [0.3, 0.4) is 0 Å². The standard InChI is InChI=1S/C16H19N3OS/c1-7-11-12-8(15(11,2)3)5-16(7,12)19-14(20)9-4-10-13(18-9)17-6-21-10/h4,6-8,11-12,18H,5H2,1-3H3,(H,19,20)/t7-,8-,11+,12?,16+/m0/s1. The zero-order valence-electron chi connectivity index (χ0n) is 12.4. The maximum Gasteiger partial charge on any atom is 0.268 e. The highest BCUT2D eigenvalue weighted by Crippen LogP contribution is 2.81. The van der Waals surface area contributed by atoms with E-state index in [-0.39, 0.29) is 11.4 Å². The number of nitrogens with one attached hydrogen (secondary N) is 2. The Kier molecular flexibility index (Phi) is 1.95. The lowest BCUT2D eigenvalue weighted by Crippen LogP contribution is -2.90. The van der Waals surface area contributed by atoms with Crippen molar-refractivity contribution in [3.8, 4) is 0 Å². The Bertz CT molecular complexity index is 739. The molecule has 2 aromatic rings. The Labute approximate surface area is 127 Å². The van der Waals surface area contributed by atoms with Crippen LogP contribution in [-0.4, -0.2) is 21.4 Å². The summed E-state index contributed by atoms with van der Waals surface area (Å²) in [5.41, 5.74) is 3.83. The van der Waals surface area contributed by atoms with Crippen molar-refractivity contribution < 1.29 is 4.79 Å². The number of amides is 1. The van der Waals surface area contributed by atoms with Crippen molar-refractivity contribution in [1.82, 2.24) is 15.3 Å². The van der Waals surface area contributed by atoms with E-state index in [9.17, 15) is 4.79 Å². The Morgan fingerprint density at radius 3 is 2.95 bits per heavy atom. The van der Waals surface area contributed by atoms with Gasteiger partial charge >= 0.3 is 0 Å². The summed E-state index contributed by atoms with van der Waals surface area (Å²) in [5.74, 6) is 2.97. The minimum absolute atomic E-state index is 0.0358. The second-order valence-corrected chi connectivity index (χ2v) is 8.60. The molecule has 0 aliphatic heterocycles. The number of thiazole rings is 1. The van der Waals surface area contributed by atoms with Crippen LogP contribution in [0.1, 0.15) is 37.7 Å². The zero-order chi connectivity index (χ0) is 14.6. The number of hydrogen-bond donors (Lipinski definition) is 2. The predicted molar refractivity (Wildman–Crippen MR) is 82.2 cm³/mol. The summed E-state index contributed by atoms with van der Waals surface area (Å²) in [5, 5.41) is 3.35. The molecule has 0 aromatic carbocycles. The SMILES string of the molecule is C[C@H]1[C@@H]2C3[C@H](C[C@]31NC(=O)c1cc3scnc3[nH]1)C2(C)C. The molecule has 3 aliphatic rings. The molecule has 110 valence electrons. The molecular formula is C16H19N3OS. The van der Waals surface area contributed by atoms with Crippen molar-refractivity contribution >= 4 is 27.6 Å². The van der Waals surface area contributed by atoms with E-state index in [1.54, 1.807) is 16.8 Å². The highest BCUT2D eigenvalue weighted by molar-refractivity contribution is 7.16. The van der Waals surface area contributed by atoms with E-state index in [0.717, 1.165) is 34.5 Å². The molecule has 0 spiro atoms. The monoisotopic (exact) mass is 301 g/mol. The number of H-pyrrole nitrogens is 1. The number of carbonyl (C=O) groups is 1. The zero-order valence-corrected chi connectivity index (χ0v) is 13.3. The van der Waals surface area contributed by atoms with Gasteiger partial charge in [-0.1, -0.05) is 20.8 Å². The van der Waals surface area contributed by atoms with Gasteiger partial charge in [0.15, 0.2) is 0 Å². The van der Waals surface area contributed by atoms with Crippen LogP contribution in [0.4, 0.5) is 0 Å². The maximum atomic E-state index is 12.6. The van der Waals surface area contributed by atoms with Crippen LogP contribution in [0.15, 0.2) is 11.6 Å². The van der Waals surface area contributed by atoms with Gasteiger partial charge in [0.1, 0.15) is 11.3 Å². The van der Waals surface area contributed by atoms with Crippen LogP contribution in [0.25, 0.3) is 10.3 Å². The molecule has 1 amide bonds. The van der Waals surface area contributed by atoms with Crippen molar-refractivity contribution in [2.75, 3.05) is 0 Å². The van der Waals surface area contributed by atoms with Crippen LogP contribution in [-0.2, 0) is 0 Å². The first-order chi connectivity index (χ1) is 9.95. The van der Waals surface area contributed by atoms with Gasteiger partial charge in [-0.15, -0.1) is 11.3 Å². The number of fused-ring (bicyclic) bond motifs is 1. The first-order valence-corrected chi connectivity index (χ1v) is 8.58. The first kappa shape index (κ1) is 12.2. The van der Waals surface area contributed by atoms with Crippen molar-refractivity contribution in [1.29, 1.82) is 0 Å². The third kappa shape index (κ3) is 1.16. The molecule has 5 rings (SSSR count). The molecule has 0 bridgehead atoms. The van der Waals surface area contributed by atoms with Gasteiger partial charge < -0.3 is 10.3 Å². The second kappa shape index (κ2) is 3.35. The summed E-state index contributed by atoms with van der Waals surface area (Å²) in [6, 6.07) is 1.92. The summed E-state index contributed by atoms with van der Waals surface area (Å²) >= 11 is 1.56. The van der Waals surface area contributed by atoms with E-state index in [4.69, 9.17) is 0 Å². The Morgan fingerprint density at radius 1 is 1.48 bits per heavy atom. The van der Waals surface area contributed by atoms with Crippen molar-refractivity contribution in [3.63, 3.8) is 0 Å². The lowest BCUT2D eigenvalue weighted by atomic mass is 9.21. The quantitative estimate of drug-likeness (QED) is 0.895. The smallest absolute Gasteiger partial charge is 0.268 e. The van der Waals surface area contributed by atoms with Crippen LogP contribution in [0.5, 0.6) is 0 Å². The topological polar surface area (TPSA) is 57.8 Å². The summed E-state index contributed by atoms with van der Waals surface area (Å²) in [6.07, 6.45) is 1.15. The molecule has 5 atom stereocenters. The van der Waals surface area contributed by atoms with Gasteiger partial charge in [0, 0.05) is 5.54 Å². The maximum absolute atomic E-state index is 12.6. The molecule has 0 radical (unpaired) electrons. The third-order valence-corrected chi connectivity index (χ3v) is 7.63. The average molecular weight is 301 g/mol. The fraction of sp³-hybridized carbons (Fsp3) is 0.625. The molecule has 2 N–H and O–H groups in total. The van der Waals surface area contributed by atoms with E-state index in [1.165, 1.54) is 0 Å². The second-order valence-electron chi connectivity index (χ2n) is 7.71. The first-order valence-electron chi connectivity index (χ1n) is 7.70. The third-order valence-electron chi connectivity index (χ3n) is 6.85. The van der Waals surface area contributed by atoms with Gasteiger partial charge in [-0.25, -0.2) is 4.98 Å². The molecule has 2 heterocycles. The summed E-state index contributed by atoms with van der Waals surface area (Å²) in [4.78, 5) is 19.9. The van der Waals surface area contributed by atoms with Crippen molar-refractivity contribution in [2.45, 2.75) is 32.7 Å². The number of carbonyl (C=O) groups excluding carboxylic acids is 1. The lowest BCUT2D eigenvalue weighted by Gasteiger charge is -2.86. The molecule has 3 saturated carbocycles.